The largest absolute Gasteiger partial charge is 0.467 e. The second kappa shape index (κ2) is 4.59. The van der Waals surface area contributed by atoms with Crippen molar-refractivity contribution >= 4 is 5.91 Å². The summed E-state index contributed by atoms with van der Waals surface area (Å²) in [5, 5.41) is 2.78. The Morgan fingerprint density at radius 1 is 1.35 bits per heavy atom. The van der Waals surface area contributed by atoms with E-state index in [0.29, 0.717) is 24.1 Å². The van der Waals surface area contributed by atoms with Crippen LogP contribution in [0.15, 0.2) is 12.4 Å². The number of hydrogen-bond donors (Lipinski definition) is 1. The lowest BCUT2D eigenvalue weighted by atomic mass is 10.2. The number of nitrogens with zero attached hydrogens (tertiary/aromatic N) is 4. The number of methoxy groups -OCH3 is 1. The van der Waals surface area contributed by atoms with E-state index in [1.807, 2.05) is 4.57 Å². The Labute approximate surface area is 116 Å². The average molecular weight is 273 g/mol. The molecule has 1 N–H and O–H groups in total. The van der Waals surface area contributed by atoms with Crippen LogP contribution < -0.4 is 10.1 Å². The first-order valence-corrected chi connectivity index (χ1v) is 6.37. The van der Waals surface area contributed by atoms with Crippen LogP contribution in [0, 0.1) is 0 Å². The van der Waals surface area contributed by atoms with Crippen LogP contribution in [-0.4, -0.2) is 32.5 Å². The average Bonchev–Trinajstić information content (AvgIpc) is 2.99. The second-order valence-corrected chi connectivity index (χ2v) is 4.84. The minimum absolute atomic E-state index is 0.130. The van der Waals surface area contributed by atoms with Crippen LogP contribution in [-0.2, 0) is 6.54 Å². The number of fused-ring (bicyclic) bond motifs is 1. The number of nitrogens with one attached hydrogen (secondary N) is 1. The zero-order chi connectivity index (χ0) is 14.3. The maximum absolute atomic E-state index is 11.7. The summed E-state index contributed by atoms with van der Waals surface area (Å²) in [5.74, 6) is 0.581. The third-order valence-electron chi connectivity index (χ3n) is 3.23. The fourth-order valence-corrected chi connectivity index (χ4v) is 2.36. The third-order valence-corrected chi connectivity index (χ3v) is 3.23. The Bertz CT molecular complexity index is 660. The van der Waals surface area contributed by atoms with Gasteiger partial charge in [0.1, 0.15) is 5.82 Å². The molecule has 0 spiro atoms. The number of carbonyl (C=O) groups is 1. The molecule has 0 saturated carbocycles. The highest BCUT2D eigenvalue weighted by Gasteiger charge is 2.29. The summed E-state index contributed by atoms with van der Waals surface area (Å²) in [6.45, 7) is 4.62. The zero-order valence-electron chi connectivity index (χ0n) is 11.5. The Balaban J connectivity index is 2.13. The van der Waals surface area contributed by atoms with Crippen molar-refractivity contribution in [1.29, 1.82) is 0 Å². The number of hydrogen-bond acceptors (Lipinski definition) is 5. The third kappa shape index (κ3) is 1.82. The van der Waals surface area contributed by atoms with Crippen molar-refractivity contribution < 1.29 is 9.53 Å². The molecule has 3 rings (SSSR count). The van der Waals surface area contributed by atoms with E-state index < -0.39 is 0 Å². The van der Waals surface area contributed by atoms with Gasteiger partial charge in [0.2, 0.25) is 0 Å². The number of rotatable bonds is 3. The number of aromatic nitrogens is 4. The molecule has 7 heteroatoms. The van der Waals surface area contributed by atoms with Gasteiger partial charge in [-0.15, -0.1) is 0 Å². The highest BCUT2D eigenvalue weighted by Crippen LogP contribution is 2.28. The van der Waals surface area contributed by atoms with Crippen LogP contribution in [0.5, 0.6) is 6.01 Å². The van der Waals surface area contributed by atoms with Gasteiger partial charge in [-0.1, -0.05) is 0 Å². The molecule has 0 saturated heterocycles. The molecule has 2 aromatic rings. The quantitative estimate of drug-likeness (QED) is 0.907. The molecule has 0 unspecified atom stereocenters. The van der Waals surface area contributed by atoms with Crippen LogP contribution in [0.3, 0.4) is 0 Å². The first kappa shape index (κ1) is 12.6. The van der Waals surface area contributed by atoms with E-state index in [-0.39, 0.29) is 11.9 Å². The predicted molar refractivity (Wildman–Crippen MR) is 71.4 cm³/mol. The SMILES string of the molecule is COc1ncc(-c2nc3c(n2C(C)C)CNC3=O)cn1. The lowest BCUT2D eigenvalue weighted by molar-refractivity contribution is 0.0961. The molecule has 1 amide bonds. The van der Waals surface area contributed by atoms with E-state index >= 15 is 0 Å². The van der Waals surface area contributed by atoms with Gasteiger partial charge in [-0.2, -0.15) is 0 Å². The van der Waals surface area contributed by atoms with Crippen LogP contribution >= 0.6 is 0 Å². The molecule has 1 aliphatic rings. The monoisotopic (exact) mass is 273 g/mol. The van der Waals surface area contributed by atoms with E-state index in [4.69, 9.17) is 4.74 Å². The van der Waals surface area contributed by atoms with Crippen LogP contribution in [0.1, 0.15) is 36.1 Å². The number of imidazole rings is 1. The Hall–Kier alpha value is -2.44. The number of carbonyl (C=O) groups excluding carboxylic acids is 1. The van der Waals surface area contributed by atoms with Crippen molar-refractivity contribution in [2.45, 2.75) is 26.4 Å². The minimum Gasteiger partial charge on any atom is -0.467 e. The second-order valence-electron chi connectivity index (χ2n) is 4.84. The van der Waals surface area contributed by atoms with Gasteiger partial charge in [-0.05, 0) is 13.8 Å². The molecule has 2 aromatic heterocycles. The van der Waals surface area contributed by atoms with Gasteiger partial charge in [0, 0.05) is 18.4 Å². The maximum Gasteiger partial charge on any atom is 0.316 e. The highest BCUT2D eigenvalue weighted by atomic mass is 16.5. The standard InChI is InChI=1S/C13H15N5O2/c1-7(2)18-9-6-14-12(19)10(9)17-11(18)8-4-15-13(20-3)16-5-8/h4-5,7H,6H2,1-3H3,(H,14,19). The maximum atomic E-state index is 11.7. The summed E-state index contributed by atoms with van der Waals surface area (Å²) in [4.78, 5) is 24.4. The molecule has 0 radical (unpaired) electrons. The lowest BCUT2D eigenvalue weighted by Crippen LogP contribution is -2.16. The molecule has 0 atom stereocenters. The molecule has 0 bridgehead atoms. The molecule has 3 heterocycles. The molecule has 0 aliphatic carbocycles. The molecular formula is C13H15N5O2. The summed E-state index contributed by atoms with van der Waals surface area (Å²) in [6.07, 6.45) is 3.31. The van der Waals surface area contributed by atoms with Crippen molar-refractivity contribution in [2.75, 3.05) is 7.11 Å². The van der Waals surface area contributed by atoms with Crippen LogP contribution in [0.2, 0.25) is 0 Å². The highest BCUT2D eigenvalue weighted by molar-refractivity contribution is 5.96. The van der Waals surface area contributed by atoms with Gasteiger partial charge in [-0.3, -0.25) is 4.79 Å². The number of amides is 1. The van der Waals surface area contributed by atoms with Crippen LogP contribution in [0.4, 0.5) is 0 Å². The normalized spacial score (nSPS) is 13.5. The minimum atomic E-state index is -0.130. The van der Waals surface area contributed by atoms with E-state index in [9.17, 15) is 4.79 Å². The Morgan fingerprint density at radius 3 is 2.65 bits per heavy atom. The molecule has 104 valence electrons. The molecule has 1 aliphatic heterocycles. The van der Waals surface area contributed by atoms with E-state index in [1.165, 1.54) is 7.11 Å². The summed E-state index contributed by atoms with van der Waals surface area (Å²) in [6, 6.07) is 0.498. The van der Waals surface area contributed by atoms with E-state index in [2.05, 4.69) is 34.1 Å². The topological polar surface area (TPSA) is 81.9 Å². The molecule has 20 heavy (non-hydrogen) atoms. The van der Waals surface area contributed by atoms with E-state index in [0.717, 1.165) is 11.3 Å². The predicted octanol–water partition coefficient (Wildman–Crippen LogP) is 1.17. The van der Waals surface area contributed by atoms with Gasteiger partial charge in [0.15, 0.2) is 5.69 Å². The van der Waals surface area contributed by atoms with Gasteiger partial charge in [0.25, 0.3) is 5.91 Å². The summed E-state index contributed by atoms with van der Waals surface area (Å²) in [5.41, 5.74) is 2.17. The summed E-state index contributed by atoms with van der Waals surface area (Å²) >= 11 is 0. The van der Waals surface area contributed by atoms with Gasteiger partial charge in [0.05, 0.1) is 24.9 Å². The molecule has 0 aromatic carbocycles. The number of ether oxygens (including phenoxy) is 1. The van der Waals surface area contributed by atoms with Gasteiger partial charge >= 0.3 is 6.01 Å². The fraction of sp³-hybridized carbons (Fsp3) is 0.385. The van der Waals surface area contributed by atoms with Crippen molar-refractivity contribution in [1.82, 2.24) is 24.8 Å². The van der Waals surface area contributed by atoms with Crippen molar-refractivity contribution in [3.05, 3.63) is 23.8 Å². The fourth-order valence-electron chi connectivity index (χ4n) is 2.36. The molecular weight excluding hydrogens is 258 g/mol. The first-order chi connectivity index (χ1) is 9.61. The van der Waals surface area contributed by atoms with Gasteiger partial charge < -0.3 is 14.6 Å². The lowest BCUT2D eigenvalue weighted by Gasteiger charge is -2.14. The first-order valence-electron chi connectivity index (χ1n) is 6.37. The van der Waals surface area contributed by atoms with Crippen molar-refractivity contribution in [3.8, 4) is 17.4 Å². The van der Waals surface area contributed by atoms with Crippen molar-refractivity contribution in [3.63, 3.8) is 0 Å². The summed E-state index contributed by atoms with van der Waals surface area (Å²) in [7, 11) is 1.52. The van der Waals surface area contributed by atoms with E-state index in [1.54, 1.807) is 12.4 Å². The van der Waals surface area contributed by atoms with Crippen LogP contribution in [0.25, 0.3) is 11.4 Å². The summed E-state index contributed by atoms with van der Waals surface area (Å²) < 4.78 is 6.99. The zero-order valence-corrected chi connectivity index (χ0v) is 11.5. The molecule has 7 nitrogen and oxygen atoms in total. The van der Waals surface area contributed by atoms with Crippen molar-refractivity contribution in [2.24, 2.45) is 0 Å². The molecule has 0 fully saturated rings. The Morgan fingerprint density at radius 2 is 2.05 bits per heavy atom. The van der Waals surface area contributed by atoms with Gasteiger partial charge in [-0.25, -0.2) is 15.0 Å². The smallest absolute Gasteiger partial charge is 0.316 e. The Kier molecular flexibility index (Phi) is 2.89.